The average molecular weight is 240 g/mol. The summed E-state index contributed by atoms with van der Waals surface area (Å²) in [4.78, 5) is 0. The standard InChI is InChI=1S/C16H32O/c1-3-5-9-14(4-2)12-16(17)13-15-10-7-6-8-11-15/h14-17H,3-13H2,1-2H3. The fraction of sp³-hybridized carbons (Fsp3) is 1.00. The Labute approximate surface area is 108 Å². The molecule has 0 aromatic heterocycles. The maximum absolute atomic E-state index is 10.2. The molecule has 1 N–H and O–H groups in total. The number of aliphatic hydroxyl groups excluding tert-OH is 1. The van der Waals surface area contributed by atoms with Gasteiger partial charge >= 0.3 is 0 Å². The van der Waals surface area contributed by atoms with Crippen molar-refractivity contribution < 1.29 is 5.11 Å². The summed E-state index contributed by atoms with van der Waals surface area (Å²) in [6.07, 6.45) is 14.2. The zero-order valence-corrected chi connectivity index (χ0v) is 12.0. The van der Waals surface area contributed by atoms with Crippen LogP contribution in [0.5, 0.6) is 0 Å². The molecule has 17 heavy (non-hydrogen) atoms. The van der Waals surface area contributed by atoms with Crippen LogP contribution in [0.25, 0.3) is 0 Å². The Hall–Kier alpha value is -0.0400. The molecular formula is C16H32O. The Morgan fingerprint density at radius 1 is 1.12 bits per heavy atom. The molecule has 1 heteroatoms. The van der Waals surface area contributed by atoms with Crippen LogP contribution in [0, 0.1) is 11.8 Å². The highest BCUT2D eigenvalue weighted by molar-refractivity contribution is 4.72. The van der Waals surface area contributed by atoms with E-state index < -0.39 is 0 Å². The van der Waals surface area contributed by atoms with Gasteiger partial charge in [-0.2, -0.15) is 0 Å². The summed E-state index contributed by atoms with van der Waals surface area (Å²) in [5.41, 5.74) is 0. The van der Waals surface area contributed by atoms with Crippen molar-refractivity contribution in [1.82, 2.24) is 0 Å². The van der Waals surface area contributed by atoms with Crippen LogP contribution in [0.2, 0.25) is 0 Å². The lowest BCUT2D eigenvalue weighted by Gasteiger charge is -2.26. The number of rotatable bonds is 8. The third kappa shape index (κ3) is 6.45. The van der Waals surface area contributed by atoms with Gasteiger partial charge in [-0.25, -0.2) is 0 Å². The topological polar surface area (TPSA) is 20.2 Å². The highest BCUT2D eigenvalue weighted by atomic mass is 16.3. The Balaban J connectivity index is 2.18. The second-order valence-corrected chi connectivity index (χ2v) is 6.05. The number of aliphatic hydroxyl groups is 1. The highest BCUT2D eigenvalue weighted by Crippen LogP contribution is 2.29. The molecule has 0 saturated heterocycles. The quantitative estimate of drug-likeness (QED) is 0.638. The SMILES string of the molecule is CCCCC(CC)CC(O)CC1CCCCC1. The molecule has 1 fully saturated rings. The van der Waals surface area contributed by atoms with Crippen molar-refractivity contribution in [3.05, 3.63) is 0 Å². The second-order valence-electron chi connectivity index (χ2n) is 6.05. The molecule has 1 saturated carbocycles. The van der Waals surface area contributed by atoms with Crippen molar-refractivity contribution in [1.29, 1.82) is 0 Å². The van der Waals surface area contributed by atoms with Crippen molar-refractivity contribution >= 4 is 0 Å². The third-order valence-corrected chi connectivity index (χ3v) is 4.48. The fourth-order valence-electron chi connectivity index (χ4n) is 3.27. The van der Waals surface area contributed by atoms with Gasteiger partial charge in [0, 0.05) is 0 Å². The van der Waals surface area contributed by atoms with E-state index >= 15 is 0 Å². The van der Waals surface area contributed by atoms with Gasteiger partial charge in [-0.05, 0) is 24.7 Å². The van der Waals surface area contributed by atoms with Crippen LogP contribution in [0.15, 0.2) is 0 Å². The normalized spacial score (nSPS) is 21.4. The molecule has 1 rings (SSSR count). The van der Waals surface area contributed by atoms with Gasteiger partial charge in [0.05, 0.1) is 6.10 Å². The van der Waals surface area contributed by atoms with Crippen molar-refractivity contribution in [2.75, 3.05) is 0 Å². The summed E-state index contributed by atoms with van der Waals surface area (Å²) in [5, 5.41) is 10.2. The molecule has 1 aliphatic rings. The van der Waals surface area contributed by atoms with Crippen LogP contribution >= 0.6 is 0 Å². The van der Waals surface area contributed by atoms with Gasteiger partial charge in [0.15, 0.2) is 0 Å². The first-order valence-electron chi connectivity index (χ1n) is 7.94. The summed E-state index contributed by atoms with van der Waals surface area (Å²) >= 11 is 0. The molecule has 0 bridgehead atoms. The zero-order valence-electron chi connectivity index (χ0n) is 12.0. The van der Waals surface area contributed by atoms with E-state index in [-0.39, 0.29) is 6.10 Å². The van der Waals surface area contributed by atoms with Gasteiger partial charge < -0.3 is 5.11 Å². The maximum Gasteiger partial charge on any atom is 0.0545 e. The largest absolute Gasteiger partial charge is 0.393 e. The minimum atomic E-state index is -0.0279. The first-order valence-corrected chi connectivity index (χ1v) is 7.94. The van der Waals surface area contributed by atoms with E-state index in [2.05, 4.69) is 13.8 Å². The van der Waals surface area contributed by atoms with Crippen molar-refractivity contribution in [3.8, 4) is 0 Å². The average Bonchev–Trinajstić information content (AvgIpc) is 2.35. The molecule has 1 aliphatic carbocycles. The molecule has 0 aromatic carbocycles. The van der Waals surface area contributed by atoms with Crippen LogP contribution < -0.4 is 0 Å². The van der Waals surface area contributed by atoms with Crippen LogP contribution in [0.3, 0.4) is 0 Å². The summed E-state index contributed by atoms with van der Waals surface area (Å²) in [6.45, 7) is 4.53. The number of unbranched alkanes of at least 4 members (excludes halogenated alkanes) is 1. The van der Waals surface area contributed by atoms with Gasteiger partial charge in [0.1, 0.15) is 0 Å². The number of hydrogen-bond acceptors (Lipinski definition) is 1. The van der Waals surface area contributed by atoms with Crippen LogP contribution in [0.4, 0.5) is 0 Å². The zero-order chi connectivity index (χ0) is 12.5. The van der Waals surface area contributed by atoms with Crippen molar-refractivity contribution in [2.24, 2.45) is 11.8 Å². The Kier molecular flexibility index (Phi) is 7.92. The third-order valence-electron chi connectivity index (χ3n) is 4.48. The summed E-state index contributed by atoms with van der Waals surface area (Å²) in [5.74, 6) is 1.58. The summed E-state index contributed by atoms with van der Waals surface area (Å²) in [7, 11) is 0. The molecule has 2 unspecified atom stereocenters. The monoisotopic (exact) mass is 240 g/mol. The van der Waals surface area contributed by atoms with E-state index in [4.69, 9.17) is 0 Å². The second kappa shape index (κ2) is 8.97. The molecule has 0 radical (unpaired) electrons. The van der Waals surface area contributed by atoms with E-state index in [0.29, 0.717) is 0 Å². The number of hydrogen-bond donors (Lipinski definition) is 1. The smallest absolute Gasteiger partial charge is 0.0545 e. The maximum atomic E-state index is 10.2. The van der Waals surface area contributed by atoms with Crippen molar-refractivity contribution in [3.63, 3.8) is 0 Å². The van der Waals surface area contributed by atoms with E-state index in [1.54, 1.807) is 0 Å². The summed E-state index contributed by atoms with van der Waals surface area (Å²) < 4.78 is 0. The van der Waals surface area contributed by atoms with Crippen LogP contribution in [0.1, 0.15) is 84.5 Å². The predicted molar refractivity (Wildman–Crippen MR) is 75.1 cm³/mol. The lowest BCUT2D eigenvalue weighted by atomic mass is 9.83. The van der Waals surface area contributed by atoms with E-state index in [1.807, 2.05) is 0 Å². The molecule has 0 heterocycles. The van der Waals surface area contributed by atoms with E-state index in [0.717, 1.165) is 24.7 Å². The molecule has 2 atom stereocenters. The molecule has 0 aromatic rings. The first kappa shape index (κ1) is 15.0. The molecule has 102 valence electrons. The fourth-order valence-corrected chi connectivity index (χ4v) is 3.27. The molecular weight excluding hydrogens is 208 g/mol. The Morgan fingerprint density at radius 2 is 1.82 bits per heavy atom. The lowest BCUT2D eigenvalue weighted by molar-refractivity contribution is 0.101. The first-order chi connectivity index (χ1) is 8.26. The van der Waals surface area contributed by atoms with Crippen molar-refractivity contribution in [2.45, 2.75) is 90.6 Å². The minimum Gasteiger partial charge on any atom is -0.393 e. The van der Waals surface area contributed by atoms with Gasteiger partial charge in [-0.3, -0.25) is 0 Å². The molecule has 0 amide bonds. The Bertz CT molecular complexity index is 172. The van der Waals surface area contributed by atoms with Crippen LogP contribution in [-0.4, -0.2) is 11.2 Å². The van der Waals surface area contributed by atoms with E-state index in [1.165, 1.54) is 57.8 Å². The Morgan fingerprint density at radius 3 is 2.41 bits per heavy atom. The van der Waals surface area contributed by atoms with Gasteiger partial charge in [-0.1, -0.05) is 71.6 Å². The molecule has 0 spiro atoms. The minimum absolute atomic E-state index is 0.0279. The van der Waals surface area contributed by atoms with E-state index in [9.17, 15) is 5.11 Å². The molecule has 1 nitrogen and oxygen atoms in total. The van der Waals surface area contributed by atoms with Gasteiger partial charge in [0.25, 0.3) is 0 Å². The van der Waals surface area contributed by atoms with Gasteiger partial charge in [0.2, 0.25) is 0 Å². The van der Waals surface area contributed by atoms with Gasteiger partial charge in [-0.15, -0.1) is 0 Å². The highest BCUT2D eigenvalue weighted by Gasteiger charge is 2.19. The summed E-state index contributed by atoms with van der Waals surface area (Å²) in [6, 6.07) is 0. The predicted octanol–water partition coefficient (Wildman–Crippen LogP) is 4.92. The lowest BCUT2D eigenvalue weighted by Crippen LogP contribution is -2.19. The molecule has 0 aliphatic heterocycles. The van der Waals surface area contributed by atoms with Crippen LogP contribution in [-0.2, 0) is 0 Å².